The van der Waals surface area contributed by atoms with Crippen LogP contribution in [0.25, 0.3) is 0 Å². The van der Waals surface area contributed by atoms with E-state index in [0.29, 0.717) is 19.0 Å². The summed E-state index contributed by atoms with van der Waals surface area (Å²) in [5.74, 6) is -0.187. The third-order valence-electron chi connectivity index (χ3n) is 3.65. The Labute approximate surface area is 123 Å². The van der Waals surface area contributed by atoms with Crippen LogP contribution in [0.1, 0.15) is 24.0 Å². The SMILES string of the molecule is O=C(Cc1ccc(F)cc1)N(Cc1cccnc1)C1CC1. The molecular weight excluding hydrogens is 267 g/mol. The first-order valence-electron chi connectivity index (χ1n) is 7.15. The van der Waals surface area contributed by atoms with E-state index in [4.69, 9.17) is 0 Å². The minimum Gasteiger partial charge on any atom is -0.335 e. The summed E-state index contributed by atoms with van der Waals surface area (Å²) in [5.41, 5.74) is 1.88. The van der Waals surface area contributed by atoms with Gasteiger partial charge in [0.15, 0.2) is 0 Å². The van der Waals surface area contributed by atoms with Gasteiger partial charge in [-0.05, 0) is 42.2 Å². The van der Waals surface area contributed by atoms with Crippen molar-refractivity contribution in [2.75, 3.05) is 0 Å². The highest BCUT2D eigenvalue weighted by Crippen LogP contribution is 2.29. The standard InChI is InChI=1S/C17H17FN2O/c18-15-5-3-13(4-6-15)10-17(21)20(16-7-8-16)12-14-2-1-9-19-11-14/h1-6,9,11,16H,7-8,10,12H2. The Hall–Kier alpha value is -2.23. The van der Waals surface area contributed by atoms with Crippen molar-refractivity contribution >= 4 is 5.91 Å². The van der Waals surface area contributed by atoms with Crippen LogP contribution < -0.4 is 0 Å². The highest BCUT2D eigenvalue weighted by molar-refractivity contribution is 5.79. The lowest BCUT2D eigenvalue weighted by atomic mass is 10.1. The quantitative estimate of drug-likeness (QED) is 0.845. The van der Waals surface area contributed by atoms with Gasteiger partial charge in [0.25, 0.3) is 0 Å². The molecule has 4 heteroatoms. The Morgan fingerprint density at radius 3 is 2.57 bits per heavy atom. The fraction of sp³-hybridized carbons (Fsp3) is 0.294. The molecule has 3 rings (SSSR count). The summed E-state index contributed by atoms with van der Waals surface area (Å²) >= 11 is 0. The maximum atomic E-state index is 12.9. The summed E-state index contributed by atoms with van der Waals surface area (Å²) in [6.45, 7) is 0.596. The maximum Gasteiger partial charge on any atom is 0.227 e. The third kappa shape index (κ3) is 3.66. The molecule has 2 aromatic rings. The van der Waals surface area contributed by atoms with Crippen LogP contribution in [0.3, 0.4) is 0 Å². The predicted molar refractivity (Wildman–Crippen MR) is 77.9 cm³/mol. The minimum absolute atomic E-state index is 0.0907. The van der Waals surface area contributed by atoms with Gasteiger partial charge >= 0.3 is 0 Å². The van der Waals surface area contributed by atoms with Crippen molar-refractivity contribution in [3.8, 4) is 0 Å². The molecule has 0 aliphatic heterocycles. The summed E-state index contributed by atoms with van der Waals surface area (Å²) in [5, 5.41) is 0. The van der Waals surface area contributed by atoms with Gasteiger partial charge in [0.2, 0.25) is 5.91 Å². The van der Waals surface area contributed by atoms with Gasteiger partial charge in [-0.25, -0.2) is 4.39 Å². The molecule has 1 aliphatic carbocycles. The number of hydrogen-bond donors (Lipinski definition) is 0. The third-order valence-corrected chi connectivity index (χ3v) is 3.65. The van der Waals surface area contributed by atoms with Crippen LogP contribution in [-0.2, 0) is 17.8 Å². The van der Waals surface area contributed by atoms with Crippen molar-refractivity contribution in [3.63, 3.8) is 0 Å². The fourth-order valence-corrected chi connectivity index (χ4v) is 2.37. The van der Waals surface area contributed by atoms with Crippen molar-refractivity contribution in [1.82, 2.24) is 9.88 Å². The van der Waals surface area contributed by atoms with E-state index in [1.165, 1.54) is 12.1 Å². The van der Waals surface area contributed by atoms with Crippen molar-refractivity contribution in [2.45, 2.75) is 31.8 Å². The van der Waals surface area contributed by atoms with Gasteiger partial charge in [0.1, 0.15) is 5.82 Å². The van der Waals surface area contributed by atoms with Crippen molar-refractivity contribution in [2.24, 2.45) is 0 Å². The smallest absolute Gasteiger partial charge is 0.227 e. The lowest BCUT2D eigenvalue weighted by Gasteiger charge is -2.22. The second-order valence-corrected chi connectivity index (χ2v) is 5.42. The average molecular weight is 284 g/mol. The van der Waals surface area contributed by atoms with Crippen LogP contribution in [0.5, 0.6) is 0 Å². The number of pyridine rings is 1. The number of amides is 1. The highest BCUT2D eigenvalue weighted by atomic mass is 19.1. The van der Waals surface area contributed by atoms with E-state index in [-0.39, 0.29) is 11.7 Å². The van der Waals surface area contributed by atoms with Crippen LogP contribution in [0.2, 0.25) is 0 Å². The summed E-state index contributed by atoms with van der Waals surface area (Å²) in [7, 11) is 0. The number of hydrogen-bond acceptors (Lipinski definition) is 2. The summed E-state index contributed by atoms with van der Waals surface area (Å²) in [6.07, 6.45) is 5.97. The van der Waals surface area contributed by atoms with Gasteiger partial charge in [0, 0.05) is 25.0 Å². The first-order chi connectivity index (χ1) is 10.2. The molecule has 108 valence electrons. The van der Waals surface area contributed by atoms with Crippen LogP contribution in [0.15, 0.2) is 48.8 Å². The number of benzene rings is 1. The Kier molecular flexibility index (Phi) is 3.95. The number of rotatable bonds is 5. The summed E-state index contributed by atoms with van der Waals surface area (Å²) in [4.78, 5) is 18.5. The molecule has 0 saturated heterocycles. The summed E-state index contributed by atoms with van der Waals surface area (Å²) in [6, 6.07) is 10.3. The molecule has 1 amide bonds. The predicted octanol–water partition coefficient (Wildman–Crippen LogP) is 2.95. The molecule has 3 nitrogen and oxygen atoms in total. The zero-order chi connectivity index (χ0) is 14.7. The second kappa shape index (κ2) is 6.04. The summed E-state index contributed by atoms with van der Waals surface area (Å²) < 4.78 is 12.9. The van der Waals surface area contributed by atoms with Gasteiger partial charge in [-0.2, -0.15) is 0 Å². The molecule has 0 unspecified atom stereocenters. The molecule has 0 radical (unpaired) electrons. The van der Waals surface area contributed by atoms with Crippen molar-refractivity contribution in [1.29, 1.82) is 0 Å². The molecule has 1 aliphatic rings. The molecule has 1 heterocycles. The number of carbonyl (C=O) groups is 1. The molecule has 21 heavy (non-hydrogen) atoms. The Bertz CT molecular complexity index is 608. The van der Waals surface area contributed by atoms with Crippen LogP contribution in [0, 0.1) is 5.82 Å². The molecule has 1 aromatic heterocycles. The normalized spacial score (nSPS) is 14.0. The Morgan fingerprint density at radius 2 is 1.95 bits per heavy atom. The molecule has 1 saturated carbocycles. The van der Waals surface area contributed by atoms with E-state index in [9.17, 15) is 9.18 Å². The van der Waals surface area contributed by atoms with E-state index >= 15 is 0 Å². The largest absolute Gasteiger partial charge is 0.335 e. The topological polar surface area (TPSA) is 33.2 Å². The Morgan fingerprint density at radius 1 is 1.19 bits per heavy atom. The molecular formula is C17H17FN2O. The first-order valence-corrected chi connectivity index (χ1v) is 7.15. The molecule has 0 bridgehead atoms. The zero-order valence-electron chi connectivity index (χ0n) is 11.7. The van der Waals surface area contributed by atoms with Gasteiger partial charge in [-0.1, -0.05) is 18.2 Å². The lowest BCUT2D eigenvalue weighted by Crippen LogP contribution is -2.33. The van der Waals surface area contributed by atoms with E-state index in [1.54, 1.807) is 24.5 Å². The monoisotopic (exact) mass is 284 g/mol. The van der Waals surface area contributed by atoms with Crippen LogP contribution >= 0.6 is 0 Å². The van der Waals surface area contributed by atoms with Gasteiger partial charge < -0.3 is 4.90 Å². The molecule has 0 N–H and O–H groups in total. The van der Waals surface area contributed by atoms with Crippen molar-refractivity contribution in [3.05, 3.63) is 65.7 Å². The molecule has 1 aromatic carbocycles. The number of carbonyl (C=O) groups excluding carboxylic acids is 1. The van der Waals surface area contributed by atoms with Gasteiger partial charge in [0.05, 0.1) is 6.42 Å². The van der Waals surface area contributed by atoms with E-state index in [0.717, 1.165) is 24.0 Å². The zero-order valence-corrected chi connectivity index (χ0v) is 11.7. The Balaban J connectivity index is 1.69. The lowest BCUT2D eigenvalue weighted by molar-refractivity contribution is -0.131. The molecule has 0 spiro atoms. The number of aromatic nitrogens is 1. The number of halogens is 1. The number of nitrogens with zero attached hydrogens (tertiary/aromatic N) is 2. The van der Waals surface area contributed by atoms with Crippen LogP contribution in [0.4, 0.5) is 4.39 Å². The minimum atomic E-state index is -0.277. The molecule has 0 atom stereocenters. The van der Waals surface area contributed by atoms with E-state index in [2.05, 4.69) is 4.98 Å². The fourth-order valence-electron chi connectivity index (χ4n) is 2.37. The van der Waals surface area contributed by atoms with E-state index < -0.39 is 0 Å². The highest BCUT2D eigenvalue weighted by Gasteiger charge is 2.32. The maximum absolute atomic E-state index is 12.9. The van der Waals surface area contributed by atoms with Gasteiger partial charge in [-0.15, -0.1) is 0 Å². The van der Waals surface area contributed by atoms with Gasteiger partial charge in [-0.3, -0.25) is 9.78 Å². The average Bonchev–Trinajstić information content (AvgIpc) is 3.33. The molecule has 1 fully saturated rings. The van der Waals surface area contributed by atoms with E-state index in [1.807, 2.05) is 17.0 Å². The van der Waals surface area contributed by atoms with Crippen LogP contribution in [-0.4, -0.2) is 21.8 Å². The van der Waals surface area contributed by atoms with Crippen molar-refractivity contribution < 1.29 is 9.18 Å². The second-order valence-electron chi connectivity index (χ2n) is 5.42. The first kappa shape index (κ1) is 13.7.